The van der Waals surface area contributed by atoms with Crippen molar-refractivity contribution in [2.45, 2.75) is 0 Å². The first-order chi connectivity index (χ1) is 13.8. The van der Waals surface area contributed by atoms with Crippen LogP contribution in [0, 0.1) is 0 Å². The van der Waals surface area contributed by atoms with Gasteiger partial charge in [0.15, 0.2) is 12.9 Å². The Kier molecular flexibility index (Phi) is 5.19. The molecule has 1 aromatic heterocycles. The molecule has 2 aromatic carbocycles. The average molecular weight is 375 g/mol. The van der Waals surface area contributed by atoms with Crippen LogP contribution in [0.1, 0.15) is 10.4 Å². The molecule has 1 aliphatic heterocycles. The predicted octanol–water partition coefficient (Wildman–Crippen LogP) is 2.77. The van der Waals surface area contributed by atoms with E-state index in [-0.39, 0.29) is 12.5 Å². The molecule has 0 atom stereocenters. The summed E-state index contributed by atoms with van der Waals surface area (Å²) in [4.78, 5) is 32.4. The summed E-state index contributed by atoms with van der Waals surface area (Å²) in [6, 6.07) is 17.1. The van der Waals surface area contributed by atoms with Crippen molar-refractivity contribution in [1.82, 2.24) is 9.88 Å². The summed E-state index contributed by atoms with van der Waals surface area (Å²) in [5, 5.41) is 1.79. The SMILES string of the molecule is O=Cc1c(OCC(=O)N2CCN(c3ccccn3)CC2)ccc2ccccc12. The molecule has 2 heterocycles. The third-order valence-electron chi connectivity index (χ3n) is 5.01. The summed E-state index contributed by atoms with van der Waals surface area (Å²) in [5.41, 5.74) is 0.478. The van der Waals surface area contributed by atoms with Gasteiger partial charge in [0, 0.05) is 32.4 Å². The first kappa shape index (κ1) is 18.0. The Morgan fingerprint density at radius 3 is 2.54 bits per heavy atom. The van der Waals surface area contributed by atoms with Gasteiger partial charge in [0.25, 0.3) is 5.91 Å². The maximum atomic E-state index is 12.6. The summed E-state index contributed by atoms with van der Waals surface area (Å²) in [7, 11) is 0. The van der Waals surface area contributed by atoms with Gasteiger partial charge in [-0.25, -0.2) is 4.98 Å². The van der Waals surface area contributed by atoms with Gasteiger partial charge in [0.1, 0.15) is 11.6 Å². The van der Waals surface area contributed by atoms with Crippen LogP contribution in [-0.2, 0) is 4.79 Å². The van der Waals surface area contributed by atoms with Crippen LogP contribution in [0.15, 0.2) is 60.8 Å². The summed E-state index contributed by atoms with van der Waals surface area (Å²) in [6.07, 6.45) is 2.56. The summed E-state index contributed by atoms with van der Waals surface area (Å²) in [6.45, 7) is 2.63. The zero-order chi connectivity index (χ0) is 19.3. The molecule has 1 aliphatic rings. The van der Waals surface area contributed by atoms with E-state index in [9.17, 15) is 9.59 Å². The van der Waals surface area contributed by atoms with Crippen molar-refractivity contribution in [1.29, 1.82) is 0 Å². The second-order valence-electron chi connectivity index (χ2n) is 6.66. The quantitative estimate of drug-likeness (QED) is 0.642. The number of carbonyl (C=O) groups excluding carboxylic acids is 2. The molecule has 1 amide bonds. The molecule has 0 bridgehead atoms. The Bertz CT molecular complexity index is 983. The number of aldehydes is 1. The van der Waals surface area contributed by atoms with E-state index >= 15 is 0 Å². The Labute approximate surface area is 163 Å². The highest BCUT2D eigenvalue weighted by Crippen LogP contribution is 2.26. The summed E-state index contributed by atoms with van der Waals surface area (Å²) >= 11 is 0. The van der Waals surface area contributed by atoms with E-state index in [4.69, 9.17) is 4.74 Å². The van der Waals surface area contributed by atoms with E-state index in [1.54, 1.807) is 17.2 Å². The Balaban J connectivity index is 1.38. The number of carbonyl (C=O) groups is 2. The van der Waals surface area contributed by atoms with Crippen LogP contribution < -0.4 is 9.64 Å². The topological polar surface area (TPSA) is 62.7 Å². The third kappa shape index (κ3) is 3.67. The highest BCUT2D eigenvalue weighted by Gasteiger charge is 2.22. The predicted molar refractivity (Wildman–Crippen MR) is 108 cm³/mol. The average Bonchev–Trinajstić information content (AvgIpc) is 2.77. The minimum Gasteiger partial charge on any atom is -0.483 e. The number of piperazine rings is 1. The molecule has 0 N–H and O–H groups in total. The lowest BCUT2D eigenvalue weighted by Crippen LogP contribution is -2.50. The number of aromatic nitrogens is 1. The van der Waals surface area contributed by atoms with Crippen LogP contribution in [0.3, 0.4) is 0 Å². The van der Waals surface area contributed by atoms with Gasteiger partial charge in [-0.15, -0.1) is 0 Å². The molecule has 0 radical (unpaired) electrons. The number of rotatable bonds is 5. The summed E-state index contributed by atoms with van der Waals surface area (Å²) < 4.78 is 5.71. The minimum absolute atomic E-state index is 0.0781. The molecule has 1 fully saturated rings. The second kappa shape index (κ2) is 8.08. The van der Waals surface area contributed by atoms with E-state index in [2.05, 4.69) is 9.88 Å². The fourth-order valence-corrected chi connectivity index (χ4v) is 3.48. The molecule has 1 saturated heterocycles. The van der Waals surface area contributed by atoms with E-state index < -0.39 is 0 Å². The maximum absolute atomic E-state index is 12.6. The number of ether oxygens (including phenoxy) is 1. The van der Waals surface area contributed by atoms with Crippen LogP contribution >= 0.6 is 0 Å². The second-order valence-corrected chi connectivity index (χ2v) is 6.66. The molecule has 0 spiro atoms. The molecule has 4 rings (SSSR count). The fourth-order valence-electron chi connectivity index (χ4n) is 3.48. The minimum atomic E-state index is -0.0806. The first-order valence-corrected chi connectivity index (χ1v) is 9.30. The number of pyridine rings is 1. The Morgan fingerprint density at radius 2 is 1.79 bits per heavy atom. The van der Waals surface area contributed by atoms with E-state index in [1.807, 2.05) is 48.5 Å². The normalized spacial score (nSPS) is 14.1. The molecule has 142 valence electrons. The van der Waals surface area contributed by atoms with Gasteiger partial charge in [-0.3, -0.25) is 9.59 Å². The number of hydrogen-bond donors (Lipinski definition) is 0. The summed E-state index contributed by atoms with van der Waals surface area (Å²) in [5.74, 6) is 1.29. The monoisotopic (exact) mass is 375 g/mol. The van der Waals surface area contributed by atoms with Crippen LogP contribution in [0.2, 0.25) is 0 Å². The van der Waals surface area contributed by atoms with Crippen molar-refractivity contribution in [3.63, 3.8) is 0 Å². The van der Waals surface area contributed by atoms with Crippen molar-refractivity contribution >= 4 is 28.8 Å². The molecule has 6 heteroatoms. The Hall–Kier alpha value is -3.41. The fraction of sp³-hybridized carbons (Fsp3) is 0.227. The van der Waals surface area contributed by atoms with Gasteiger partial charge >= 0.3 is 0 Å². The van der Waals surface area contributed by atoms with Crippen LogP contribution in [0.25, 0.3) is 10.8 Å². The number of amides is 1. The zero-order valence-corrected chi connectivity index (χ0v) is 15.5. The van der Waals surface area contributed by atoms with Gasteiger partial charge in [-0.05, 0) is 29.0 Å². The van der Waals surface area contributed by atoms with Crippen molar-refractivity contribution < 1.29 is 14.3 Å². The van der Waals surface area contributed by atoms with Gasteiger partial charge in [0.2, 0.25) is 0 Å². The van der Waals surface area contributed by atoms with Crippen LogP contribution in [-0.4, -0.2) is 54.9 Å². The molecule has 6 nitrogen and oxygen atoms in total. The van der Waals surface area contributed by atoms with E-state index in [0.29, 0.717) is 24.4 Å². The molecular formula is C22H21N3O3. The molecule has 0 unspecified atom stereocenters. The van der Waals surface area contributed by atoms with Gasteiger partial charge in [0.05, 0.1) is 5.56 Å². The van der Waals surface area contributed by atoms with Crippen molar-refractivity contribution in [3.8, 4) is 5.75 Å². The standard InChI is InChI=1S/C22H21N3O3/c26-15-19-18-6-2-1-5-17(18)8-9-20(19)28-16-22(27)25-13-11-24(12-14-25)21-7-3-4-10-23-21/h1-10,15H,11-14,16H2. The van der Waals surface area contributed by atoms with Crippen LogP contribution in [0.4, 0.5) is 5.82 Å². The smallest absolute Gasteiger partial charge is 0.260 e. The van der Waals surface area contributed by atoms with Crippen LogP contribution in [0.5, 0.6) is 5.75 Å². The number of hydrogen-bond acceptors (Lipinski definition) is 5. The van der Waals surface area contributed by atoms with E-state index in [1.165, 1.54) is 0 Å². The van der Waals surface area contributed by atoms with Crippen molar-refractivity contribution in [3.05, 3.63) is 66.4 Å². The number of fused-ring (bicyclic) bond motifs is 1. The highest BCUT2D eigenvalue weighted by atomic mass is 16.5. The number of nitrogens with zero attached hydrogens (tertiary/aromatic N) is 3. The van der Waals surface area contributed by atoms with Gasteiger partial charge in [-0.1, -0.05) is 36.4 Å². The highest BCUT2D eigenvalue weighted by molar-refractivity contribution is 6.00. The van der Waals surface area contributed by atoms with Gasteiger partial charge < -0.3 is 14.5 Å². The van der Waals surface area contributed by atoms with Gasteiger partial charge in [-0.2, -0.15) is 0 Å². The molecule has 3 aromatic rings. The lowest BCUT2D eigenvalue weighted by Gasteiger charge is -2.35. The molecule has 28 heavy (non-hydrogen) atoms. The van der Waals surface area contributed by atoms with Crippen molar-refractivity contribution in [2.75, 3.05) is 37.7 Å². The lowest BCUT2D eigenvalue weighted by molar-refractivity contribution is -0.133. The number of anilines is 1. The molecule has 0 saturated carbocycles. The van der Waals surface area contributed by atoms with E-state index in [0.717, 1.165) is 36.0 Å². The Morgan fingerprint density at radius 1 is 1.00 bits per heavy atom. The lowest BCUT2D eigenvalue weighted by atomic mass is 10.0. The molecule has 0 aliphatic carbocycles. The largest absolute Gasteiger partial charge is 0.483 e. The first-order valence-electron chi connectivity index (χ1n) is 9.30. The zero-order valence-electron chi connectivity index (χ0n) is 15.5. The number of benzene rings is 2. The van der Waals surface area contributed by atoms with Crippen molar-refractivity contribution in [2.24, 2.45) is 0 Å². The molecular weight excluding hydrogens is 354 g/mol. The maximum Gasteiger partial charge on any atom is 0.260 e. The third-order valence-corrected chi connectivity index (χ3v) is 5.01.